The number of rotatable bonds is 6. The molecular weight excluding hydrogens is 328 g/mol. The molecule has 4 rings (SSSR count). The van der Waals surface area contributed by atoms with Crippen LogP contribution in [0.2, 0.25) is 0 Å². The van der Waals surface area contributed by atoms with Gasteiger partial charge in [0, 0.05) is 37.5 Å². The highest BCUT2D eigenvalue weighted by atomic mass is 16.5. The lowest BCUT2D eigenvalue weighted by atomic mass is 9.95. The van der Waals surface area contributed by atoms with Gasteiger partial charge in [0.1, 0.15) is 5.75 Å². The molecular formula is C21H26N2O3. The quantitative estimate of drug-likeness (QED) is 0.798. The van der Waals surface area contributed by atoms with E-state index in [2.05, 4.69) is 22.0 Å². The predicted octanol–water partition coefficient (Wildman–Crippen LogP) is 3.04. The summed E-state index contributed by atoms with van der Waals surface area (Å²) in [4.78, 5) is 6.87. The second-order valence-corrected chi connectivity index (χ2v) is 6.93. The van der Waals surface area contributed by atoms with Crippen LogP contribution >= 0.6 is 0 Å². The first-order valence-corrected chi connectivity index (χ1v) is 9.34. The molecule has 1 aromatic carbocycles. The van der Waals surface area contributed by atoms with Gasteiger partial charge in [-0.3, -0.25) is 9.88 Å². The van der Waals surface area contributed by atoms with Gasteiger partial charge in [0.2, 0.25) is 0 Å². The Morgan fingerprint density at radius 1 is 1.15 bits per heavy atom. The Morgan fingerprint density at radius 2 is 2.04 bits per heavy atom. The van der Waals surface area contributed by atoms with Crippen LogP contribution in [0.3, 0.4) is 0 Å². The van der Waals surface area contributed by atoms with E-state index in [0.717, 1.165) is 44.0 Å². The lowest BCUT2D eigenvalue weighted by Gasteiger charge is -2.41. The molecule has 0 spiro atoms. The molecule has 0 aliphatic carbocycles. The Kier molecular flexibility index (Phi) is 5.48. The highest BCUT2D eigenvalue weighted by Crippen LogP contribution is 2.33. The topological polar surface area (TPSA) is 43.8 Å². The molecule has 5 nitrogen and oxygen atoms in total. The number of fused-ring (bicyclic) bond motifs is 1. The van der Waals surface area contributed by atoms with Crippen molar-refractivity contribution >= 4 is 0 Å². The standard InChI is InChI=1S/C21H26N2O3/c1-24-19-8-3-2-6-16(19)14-23-12-9-20(21-18(23)10-13-25-21)26-15-17-7-4-5-11-22-17/h2-8,11,18,20-21H,9-10,12-15H2,1H3/t18-,20+,21-/m0/s1. The second-order valence-electron chi connectivity index (χ2n) is 6.93. The molecule has 2 aliphatic rings. The Hall–Kier alpha value is -1.95. The summed E-state index contributed by atoms with van der Waals surface area (Å²) in [5.74, 6) is 0.955. The molecule has 0 N–H and O–H groups in total. The molecule has 0 bridgehead atoms. The van der Waals surface area contributed by atoms with Crippen LogP contribution in [-0.4, -0.2) is 48.4 Å². The van der Waals surface area contributed by atoms with E-state index in [1.165, 1.54) is 5.56 Å². The summed E-state index contributed by atoms with van der Waals surface area (Å²) in [6.45, 7) is 3.25. The van der Waals surface area contributed by atoms with Crippen molar-refractivity contribution < 1.29 is 14.2 Å². The fraction of sp³-hybridized carbons (Fsp3) is 0.476. The third kappa shape index (κ3) is 3.75. The van der Waals surface area contributed by atoms with Crippen LogP contribution in [0.4, 0.5) is 0 Å². The fourth-order valence-corrected chi connectivity index (χ4v) is 4.07. The van der Waals surface area contributed by atoms with Crippen molar-refractivity contribution in [3.05, 3.63) is 59.9 Å². The summed E-state index contributed by atoms with van der Waals surface area (Å²) >= 11 is 0. The molecule has 0 unspecified atom stereocenters. The maximum absolute atomic E-state index is 6.19. The van der Waals surface area contributed by atoms with E-state index in [-0.39, 0.29) is 12.2 Å². The number of piperidine rings is 1. The van der Waals surface area contributed by atoms with Gasteiger partial charge >= 0.3 is 0 Å². The second kappa shape index (κ2) is 8.16. The van der Waals surface area contributed by atoms with Gasteiger partial charge in [-0.25, -0.2) is 0 Å². The third-order valence-electron chi connectivity index (χ3n) is 5.38. The Labute approximate surface area is 154 Å². The van der Waals surface area contributed by atoms with Crippen LogP contribution in [0.15, 0.2) is 48.7 Å². The van der Waals surface area contributed by atoms with Crippen molar-refractivity contribution in [2.45, 2.75) is 44.2 Å². The first kappa shape index (κ1) is 17.5. The summed E-state index contributed by atoms with van der Waals surface area (Å²) < 4.78 is 17.8. The SMILES string of the molecule is COc1ccccc1CN1CC[C@@H](OCc2ccccn2)[C@H]2OCC[C@@H]21. The number of hydrogen-bond donors (Lipinski definition) is 0. The van der Waals surface area contributed by atoms with Crippen LogP contribution in [0.25, 0.3) is 0 Å². The van der Waals surface area contributed by atoms with E-state index < -0.39 is 0 Å². The van der Waals surface area contributed by atoms with E-state index >= 15 is 0 Å². The highest BCUT2D eigenvalue weighted by molar-refractivity contribution is 5.33. The molecule has 0 saturated carbocycles. The Bertz CT molecular complexity index is 709. The molecule has 1 aromatic heterocycles. The zero-order chi connectivity index (χ0) is 17.8. The molecule has 26 heavy (non-hydrogen) atoms. The van der Waals surface area contributed by atoms with Gasteiger partial charge in [0.05, 0.1) is 31.6 Å². The highest BCUT2D eigenvalue weighted by Gasteiger charge is 2.42. The maximum Gasteiger partial charge on any atom is 0.123 e. The number of methoxy groups -OCH3 is 1. The maximum atomic E-state index is 6.19. The molecule has 138 valence electrons. The van der Waals surface area contributed by atoms with Crippen LogP contribution < -0.4 is 4.74 Å². The minimum Gasteiger partial charge on any atom is -0.496 e. The number of pyridine rings is 1. The van der Waals surface area contributed by atoms with Gasteiger partial charge in [-0.15, -0.1) is 0 Å². The van der Waals surface area contributed by atoms with Crippen molar-refractivity contribution in [1.29, 1.82) is 0 Å². The summed E-state index contributed by atoms with van der Waals surface area (Å²) in [5, 5.41) is 0. The summed E-state index contributed by atoms with van der Waals surface area (Å²) in [5.41, 5.74) is 2.20. The van der Waals surface area contributed by atoms with Gasteiger partial charge in [0.15, 0.2) is 0 Å². The summed E-state index contributed by atoms with van der Waals surface area (Å²) in [6.07, 6.45) is 4.12. The molecule has 2 saturated heterocycles. The van der Waals surface area contributed by atoms with Gasteiger partial charge in [-0.05, 0) is 31.0 Å². The van der Waals surface area contributed by atoms with Crippen LogP contribution in [0.1, 0.15) is 24.1 Å². The lowest BCUT2D eigenvalue weighted by Crippen LogP contribution is -2.52. The van der Waals surface area contributed by atoms with Crippen LogP contribution in [0.5, 0.6) is 5.75 Å². The minimum atomic E-state index is 0.137. The van der Waals surface area contributed by atoms with Gasteiger partial charge in [-0.1, -0.05) is 24.3 Å². The largest absolute Gasteiger partial charge is 0.496 e. The molecule has 2 fully saturated rings. The number of benzene rings is 1. The van der Waals surface area contributed by atoms with E-state index in [0.29, 0.717) is 12.6 Å². The first-order valence-electron chi connectivity index (χ1n) is 9.34. The smallest absolute Gasteiger partial charge is 0.123 e. The van der Waals surface area contributed by atoms with E-state index in [1.54, 1.807) is 7.11 Å². The van der Waals surface area contributed by atoms with E-state index in [4.69, 9.17) is 14.2 Å². The normalized spacial score (nSPS) is 25.8. The third-order valence-corrected chi connectivity index (χ3v) is 5.38. The number of aromatic nitrogens is 1. The first-order chi connectivity index (χ1) is 12.8. The number of para-hydroxylation sites is 1. The zero-order valence-corrected chi connectivity index (χ0v) is 15.2. The average molecular weight is 354 g/mol. The molecule has 0 amide bonds. The van der Waals surface area contributed by atoms with E-state index in [1.807, 2.05) is 36.5 Å². The van der Waals surface area contributed by atoms with Gasteiger partial charge in [0.25, 0.3) is 0 Å². The number of ether oxygens (including phenoxy) is 3. The van der Waals surface area contributed by atoms with Crippen molar-refractivity contribution in [2.24, 2.45) is 0 Å². The number of nitrogens with zero attached hydrogens (tertiary/aromatic N) is 2. The Morgan fingerprint density at radius 3 is 2.88 bits per heavy atom. The molecule has 0 radical (unpaired) electrons. The van der Waals surface area contributed by atoms with Gasteiger partial charge in [-0.2, -0.15) is 0 Å². The molecule has 2 aromatic rings. The minimum absolute atomic E-state index is 0.137. The number of likely N-dealkylation sites (tertiary alicyclic amines) is 1. The van der Waals surface area contributed by atoms with Gasteiger partial charge < -0.3 is 14.2 Å². The fourth-order valence-electron chi connectivity index (χ4n) is 4.07. The molecule has 5 heteroatoms. The lowest BCUT2D eigenvalue weighted by molar-refractivity contribution is -0.106. The average Bonchev–Trinajstić information content (AvgIpc) is 3.19. The molecule has 3 atom stereocenters. The molecule has 2 aliphatic heterocycles. The van der Waals surface area contributed by atoms with Crippen LogP contribution in [-0.2, 0) is 22.6 Å². The van der Waals surface area contributed by atoms with Crippen LogP contribution in [0, 0.1) is 0 Å². The Balaban J connectivity index is 1.41. The van der Waals surface area contributed by atoms with E-state index in [9.17, 15) is 0 Å². The van der Waals surface area contributed by atoms with Crippen molar-refractivity contribution in [3.63, 3.8) is 0 Å². The predicted molar refractivity (Wildman–Crippen MR) is 99.0 cm³/mol. The molecule has 3 heterocycles. The van der Waals surface area contributed by atoms with Crippen molar-refractivity contribution in [3.8, 4) is 5.75 Å². The summed E-state index contributed by atoms with van der Waals surface area (Å²) in [7, 11) is 1.73. The summed E-state index contributed by atoms with van der Waals surface area (Å²) in [6, 6.07) is 14.6. The monoisotopic (exact) mass is 354 g/mol. The number of hydrogen-bond acceptors (Lipinski definition) is 5. The van der Waals surface area contributed by atoms with Crippen molar-refractivity contribution in [2.75, 3.05) is 20.3 Å². The zero-order valence-electron chi connectivity index (χ0n) is 15.2. The van der Waals surface area contributed by atoms with Crippen molar-refractivity contribution in [1.82, 2.24) is 9.88 Å².